The molecule has 0 aliphatic carbocycles. The molecule has 20 heavy (non-hydrogen) atoms. The van der Waals surface area contributed by atoms with Gasteiger partial charge in [-0.25, -0.2) is 0 Å². The Balaban J connectivity index is 2.50. The highest BCUT2D eigenvalue weighted by molar-refractivity contribution is 9.10. The zero-order chi connectivity index (χ0) is 15.2. The number of hydrogen-bond acceptors (Lipinski definition) is 3. The normalized spacial score (nSPS) is 12.5. The molecule has 0 saturated heterocycles. The molecule has 0 saturated carbocycles. The molecule has 0 aliphatic heterocycles. The number of rotatable bonds is 7. The van der Waals surface area contributed by atoms with E-state index in [4.69, 9.17) is 10.9 Å². The number of amidine groups is 1. The lowest BCUT2D eigenvalue weighted by Gasteiger charge is -2.23. The smallest absolute Gasteiger partial charge is 0.144 e. The standard InChI is InChI=1S/C15H24BrN3O/c1-4-11-10-12(16)6-7-13(11)18-9-5-8-15(2,3)14(17)19-20/h6-7,10,18,20H,4-5,8-9H2,1-3H3,(H2,17,19). The van der Waals surface area contributed by atoms with Gasteiger partial charge < -0.3 is 16.3 Å². The Bertz CT molecular complexity index is 472. The molecule has 0 aliphatic rings. The van der Waals surface area contributed by atoms with E-state index in [1.54, 1.807) is 0 Å². The SMILES string of the molecule is CCc1cc(Br)ccc1NCCCC(C)(C)/C(N)=N/O. The molecule has 4 N–H and O–H groups in total. The van der Waals surface area contributed by atoms with Gasteiger partial charge >= 0.3 is 0 Å². The molecule has 0 fully saturated rings. The zero-order valence-corrected chi connectivity index (χ0v) is 14.0. The predicted molar refractivity (Wildman–Crippen MR) is 88.4 cm³/mol. The molecule has 0 heterocycles. The monoisotopic (exact) mass is 341 g/mol. The van der Waals surface area contributed by atoms with Crippen molar-refractivity contribution in [2.24, 2.45) is 16.3 Å². The van der Waals surface area contributed by atoms with Gasteiger partial charge in [0.2, 0.25) is 0 Å². The lowest BCUT2D eigenvalue weighted by Crippen LogP contribution is -2.32. The first-order valence-corrected chi connectivity index (χ1v) is 7.70. The van der Waals surface area contributed by atoms with Gasteiger partial charge in [0.05, 0.1) is 0 Å². The van der Waals surface area contributed by atoms with Gasteiger partial charge in [-0.3, -0.25) is 0 Å². The van der Waals surface area contributed by atoms with Gasteiger partial charge in [-0.2, -0.15) is 0 Å². The molecule has 0 amide bonds. The largest absolute Gasteiger partial charge is 0.409 e. The minimum absolute atomic E-state index is 0.274. The number of halogens is 1. The van der Waals surface area contributed by atoms with Crippen LogP contribution in [0.1, 0.15) is 39.2 Å². The van der Waals surface area contributed by atoms with Gasteiger partial charge in [-0.05, 0) is 43.0 Å². The van der Waals surface area contributed by atoms with Crippen LogP contribution in [0.25, 0.3) is 0 Å². The number of oxime groups is 1. The topological polar surface area (TPSA) is 70.6 Å². The first-order valence-electron chi connectivity index (χ1n) is 6.91. The predicted octanol–water partition coefficient (Wildman–Crippen LogP) is 3.98. The molecule has 0 radical (unpaired) electrons. The Labute approximate surface area is 129 Å². The van der Waals surface area contributed by atoms with Crippen LogP contribution >= 0.6 is 15.9 Å². The van der Waals surface area contributed by atoms with Crippen LogP contribution in [0.2, 0.25) is 0 Å². The van der Waals surface area contributed by atoms with Gasteiger partial charge in [0, 0.05) is 22.1 Å². The van der Waals surface area contributed by atoms with E-state index in [1.165, 1.54) is 11.3 Å². The summed E-state index contributed by atoms with van der Waals surface area (Å²) in [5.41, 5.74) is 7.89. The summed E-state index contributed by atoms with van der Waals surface area (Å²) in [6.45, 7) is 6.99. The van der Waals surface area contributed by atoms with Crippen LogP contribution in [0.4, 0.5) is 5.69 Å². The second-order valence-electron chi connectivity index (χ2n) is 5.55. The van der Waals surface area contributed by atoms with E-state index in [1.807, 2.05) is 19.9 Å². The van der Waals surface area contributed by atoms with Gasteiger partial charge in [-0.1, -0.05) is 41.9 Å². The molecule has 0 aromatic heterocycles. The third-order valence-corrected chi connectivity index (χ3v) is 4.04. The van der Waals surface area contributed by atoms with Crippen molar-refractivity contribution in [1.82, 2.24) is 0 Å². The highest BCUT2D eigenvalue weighted by atomic mass is 79.9. The summed E-state index contributed by atoms with van der Waals surface area (Å²) >= 11 is 3.49. The number of aryl methyl sites for hydroxylation is 1. The van der Waals surface area contributed by atoms with Crippen molar-refractivity contribution in [1.29, 1.82) is 0 Å². The second-order valence-corrected chi connectivity index (χ2v) is 6.47. The third kappa shape index (κ3) is 4.71. The lowest BCUT2D eigenvalue weighted by atomic mass is 9.86. The maximum Gasteiger partial charge on any atom is 0.144 e. The Hall–Kier alpha value is -1.23. The maximum absolute atomic E-state index is 8.74. The summed E-state index contributed by atoms with van der Waals surface area (Å²) in [6.07, 6.45) is 2.83. The molecule has 0 spiro atoms. The van der Waals surface area contributed by atoms with Crippen molar-refractivity contribution in [2.45, 2.75) is 40.0 Å². The fraction of sp³-hybridized carbons (Fsp3) is 0.533. The summed E-state index contributed by atoms with van der Waals surface area (Å²) in [4.78, 5) is 0. The van der Waals surface area contributed by atoms with Crippen LogP contribution < -0.4 is 11.1 Å². The Morgan fingerprint density at radius 3 is 2.75 bits per heavy atom. The van der Waals surface area contributed by atoms with Crippen molar-refractivity contribution in [3.63, 3.8) is 0 Å². The number of hydrogen-bond donors (Lipinski definition) is 3. The molecule has 1 aromatic carbocycles. The van der Waals surface area contributed by atoms with Crippen LogP contribution in [0.15, 0.2) is 27.8 Å². The fourth-order valence-electron chi connectivity index (χ4n) is 2.04. The van der Waals surface area contributed by atoms with E-state index >= 15 is 0 Å². The second kappa shape index (κ2) is 7.53. The summed E-state index contributed by atoms with van der Waals surface area (Å²) < 4.78 is 1.10. The third-order valence-electron chi connectivity index (χ3n) is 3.54. The van der Waals surface area contributed by atoms with E-state index in [0.717, 1.165) is 30.3 Å². The van der Waals surface area contributed by atoms with Crippen LogP contribution in [0.3, 0.4) is 0 Å². The number of nitrogens with zero attached hydrogens (tertiary/aromatic N) is 1. The molecule has 1 aromatic rings. The first-order chi connectivity index (χ1) is 9.40. The molecule has 0 unspecified atom stereocenters. The van der Waals surface area contributed by atoms with Gasteiger partial charge in [0.15, 0.2) is 0 Å². The molecule has 0 atom stereocenters. The molecule has 1 rings (SSSR count). The van der Waals surface area contributed by atoms with E-state index in [9.17, 15) is 0 Å². The summed E-state index contributed by atoms with van der Waals surface area (Å²) in [6, 6.07) is 6.28. The molecule has 4 nitrogen and oxygen atoms in total. The molecule has 112 valence electrons. The maximum atomic E-state index is 8.74. The van der Waals surface area contributed by atoms with E-state index < -0.39 is 0 Å². The van der Waals surface area contributed by atoms with Crippen LogP contribution in [0.5, 0.6) is 0 Å². The summed E-state index contributed by atoms with van der Waals surface area (Å²) in [5, 5.41) is 15.3. The number of anilines is 1. The van der Waals surface area contributed by atoms with Gasteiger partial charge in [0.25, 0.3) is 0 Å². The van der Waals surface area contributed by atoms with E-state index in [-0.39, 0.29) is 11.3 Å². The Kier molecular flexibility index (Phi) is 6.33. The van der Waals surface area contributed by atoms with Crippen molar-refractivity contribution in [2.75, 3.05) is 11.9 Å². The highest BCUT2D eigenvalue weighted by Gasteiger charge is 2.22. The van der Waals surface area contributed by atoms with Crippen molar-refractivity contribution in [3.8, 4) is 0 Å². The van der Waals surface area contributed by atoms with Crippen LogP contribution in [-0.4, -0.2) is 17.6 Å². The van der Waals surface area contributed by atoms with Crippen LogP contribution in [0, 0.1) is 5.41 Å². The molecular formula is C15H24BrN3O. The number of nitrogens with one attached hydrogen (secondary N) is 1. The average Bonchev–Trinajstić information content (AvgIpc) is 2.43. The quantitative estimate of drug-likeness (QED) is 0.231. The Morgan fingerprint density at radius 1 is 1.45 bits per heavy atom. The van der Waals surface area contributed by atoms with Gasteiger partial charge in [0.1, 0.15) is 5.84 Å². The van der Waals surface area contributed by atoms with Crippen molar-refractivity contribution >= 4 is 27.5 Å². The molecule has 0 bridgehead atoms. The lowest BCUT2D eigenvalue weighted by molar-refractivity contribution is 0.305. The number of benzene rings is 1. The van der Waals surface area contributed by atoms with E-state index in [2.05, 4.69) is 45.5 Å². The average molecular weight is 342 g/mol. The minimum atomic E-state index is -0.274. The minimum Gasteiger partial charge on any atom is -0.409 e. The number of nitrogens with two attached hydrogens (primary N) is 1. The zero-order valence-electron chi connectivity index (χ0n) is 12.4. The van der Waals surface area contributed by atoms with Crippen molar-refractivity contribution < 1.29 is 5.21 Å². The fourth-order valence-corrected chi connectivity index (χ4v) is 2.45. The van der Waals surface area contributed by atoms with Crippen LogP contribution in [-0.2, 0) is 6.42 Å². The molecular weight excluding hydrogens is 318 g/mol. The van der Waals surface area contributed by atoms with Crippen molar-refractivity contribution in [3.05, 3.63) is 28.2 Å². The Morgan fingerprint density at radius 2 is 2.15 bits per heavy atom. The van der Waals surface area contributed by atoms with Gasteiger partial charge in [-0.15, -0.1) is 0 Å². The highest BCUT2D eigenvalue weighted by Crippen LogP contribution is 2.24. The first kappa shape index (κ1) is 16.8. The summed E-state index contributed by atoms with van der Waals surface area (Å²) in [5.74, 6) is 0.287. The molecule has 5 heteroatoms. The van der Waals surface area contributed by atoms with E-state index in [0.29, 0.717) is 0 Å². The summed E-state index contributed by atoms with van der Waals surface area (Å²) in [7, 11) is 0.